The molecule has 6 rings (SSSR count). The van der Waals surface area contributed by atoms with E-state index in [9.17, 15) is 4.79 Å². The third-order valence-corrected chi connectivity index (χ3v) is 6.32. The molecule has 3 atom stereocenters. The van der Waals surface area contributed by atoms with Gasteiger partial charge in [0.05, 0.1) is 11.6 Å². The minimum Gasteiger partial charge on any atom is -0.365 e. The van der Waals surface area contributed by atoms with Crippen LogP contribution in [-0.4, -0.2) is 49.4 Å². The van der Waals surface area contributed by atoms with Crippen LogP contribution in [0.1, 0.15) is 40.9 Å². The molecule has 31 heavy (non-hydrogen) atoms. The van der Waals surface area contributed by atoms with Gasteiger partial charge in [-0.05, 0) is 68.4 Å². The molecule has 1 amide bonds. The number of piperidine rings is 2. The Hall–Kier alpha value is -3.35. The molecule has 0 radical (unpaired) electrons. The number of carbonyl (C=O) groups is 1. The summed E-state index contributed by atoms with van der Waals surface area (Å²) in [6.07, 6.45) is 10.2. The summed E-state index contributed by atoms with van der Waals surface area (Å²) < 4.78 is 0. The van der Waals surface area contributed by atoms with Gasteiger partial charge in [0.1, 0.15) is 11.5 Å². The fourth-order valence-electron chi connectivity index (χ4n) is 4.81. The van der Waals surface area contributed by atoms with E-state index in [1.165, 1.54) is 0 Å². The van der Waals surface area contributed by atoms with E-state index in [-0.39, 0.29) is 18.0 Å². The summed E-state index contributed by atoms with van der Waals surface area (Å²) in [7, 11) is 0. The van der Waals surface area contributed by atoms with E-state index in [2.05, 4.69) is 31.3 Å². The smallest absolute Gasteiger partial charge is 0.273 e. The summed E-state index contributed by atoms with van der Waals surface area (Å²) in [4.78, 5) is 33.5. The normalized spacial score (nSPS) is 22.4. The molecule has 1 saturated carbocycles. The number of aryl methyl sites for hydroxylation is 2. The zero-order valence-corrected chi connectivity index (χ0v) is 17.8. The highest BCUT2D eigenvalue weighted by Crippen LogP contribution is 2.38. The minimum absolute atomic E-state index is 0.0412. The zero-order chi connectivity index (χ0) is 21.4. The van der Waals surface area contributed by atoms with E-state index in [1.54, 1.807) is 24.7 Å². The van der Waals surface area contributed by atoms with Crippen LogP contribution in [0.2, 0.25) is 0 Å². The van der Waals surface area contributed by atoms with Crippen LogP contribution in [0, 0.1) is 19.8 Å². The van der Waals surface area contributed by atoms with Gasteiger partial charge < -0.3 is 10.2 Å². The first-order valence-electron chi connectivity index (χ1n) is 10.8. The van der Waals surface area contributed by atoms with Crippen molar-refractivity contribution in [3.8, 4) is 11.4 Å². The second kappa shape index (κ2) is 8.06. The lowest BCUT2D eigenvalue weighted by molar-refractivity contribution is 0.0277. The molecular weight excluding hydrogens is 388 g/mol. The minimum atomic E-state index is -0.0412. The van der Waals surface area contributed by atoms with Gasteiger partial charge in [-0.2, -0.15) is 0 Å². The van der Waals surface area contributed by atoms with Crippen molar-refractivity contribution in [1.29, 1.82) is 0 Å². The summed E-state index contributed by atoms with van der Waals surface area (Å²) in [5, 5.41) is 3.58. The van der Waals surface area contributed by atoms with Gasteiger partial charge in [-0.3, -0.25) is 9.78 Å². The Balaban J connectivity index is 1.44. The highest BCUT2D eigenvalue weighted by atomic mass is 16.2. The van der Waals surface area contributed by atoms with Gasteiger partial charge in [-0.25, -0.2) is 15.0 Å². The molecule has 158 valence electrons. The molecule has 3 fully saturated rings. The Kier molecular flexibility index (Phi) is 5.10. The van der Waals surface area contributed by atoms with Crippen LogP contribution in [0.25, 0.3) is 11.4 Å². The molecule has 3 aliphatic rings. The Labute approximate surface area is 182 Å². The van der Waals surface area contributed by atoms with Crippen molar-refractivity contribution >= 4 is 11.7 Å². The maximum absolute atomic E-state index is 13.7. The van der Waals surface area contributed by atoms with Gasteiger partial charge in [0, 0.05) is 37.4 Å². The Morgan fingerprint density at radius 1 is 1.03 bits per heavy atom. The second-order valence-corrected chi connectivity index (χ2v) is 8.66. The summed E-state index contributed by atoms with van der Waals surface area (Å²) in [5.41, 5.74) is 3.23. The molecule has 1 N–H and O–H groups in total. The Morgan fingerprint density at radius 2 is 1.84 bits per heavy atom. The van der Waals surface area contributed by atoms with Gasteiger partial charge >= 0.3 is 0 Å². The number of nitrogens with zero attached hydrogens (tertiary/aromatic N) is 5. The van der Waals surface area contributed by atoms with Crippen molar-refractivity contribution in [3.05, 3.63) is 65.9 Å². The average molecular weight is 415 g/mol. The van der Waals surface area contributed by atoms with Crippen LogP contribution in [0.4, 0.5) is 5.82 Å². The fourth-order valence-corrected chi connectivity index (χ4v) is 4.81. The molecule has 0 aromatic carbocycles. The first kappa shape index (κ1) is 19.6. The van der Waals surface area contributed by atoms with Crippen LogP contribution in [0.15, 0.2) is 49.1 Å². The lowest BCUT2D eigenvalue weighted by Gasteiger charge is -2.50. The molecule has 3 aromatic rings. The predicted octanol–water partition coefficient (Wildman–Crippen LogP) is 3.66. The van der Waals surface area contributed by atoms with Crippen LogP contribution in [0.3, 0.4) is 0 Å². The first-order chi connectivity index (χ1) is 15.1. The number of fused-ring (bicyclic) bond motifs is 3. The molecule has 5 heterocycles. The van der Waals surface area contributed by atoms with E-state index in [0.717, 1.165) is 42.8 Å². The molecule has 3 aromatic heterocycles. The van der Waals surface area contributed by atoms with E-state index in [1.807, 2.05) is 37.1 Å². The molecule has 7 nitrogen and oxygen atoms in total. The number of pyridine rings is 2. The number of aromatic nitrogens is 4. The standard InChI is InChI=1S/C24H26N6O/c1-15-4-7-21(27-12-15)29-19-11-17-5-6-20(19)30(14-17)24(31)22-18(10-16(2)13-28-22)23-25-8-3-9-26-23/h3-4,7-10,12-13,17,19-20H,5-6,11,14H2,1-2H3,(H,27,29)/t17?,19-,20+/m1/s1. The van der Waals surface area contributed by atoms with Crippen LogP contribution < -0.4 is 5.32 Å². The maximum atomic E-state index is 13.7. The van der Waals surface area contributed by atoms with Crippen molar-refractivity contribution in [2.75, 3.05) is 11.9 Å². The maximum Gasteiger partial charge on any atom is 0.273 e. The number of nitrogens with one attached hydrogen (secondary N) is 1. The van der Waals surface area contributed by atoms with Gasteiger partial charge in [0.2, 0.25) is 0 Å². The van der Waals surface area contributed by atoms with Crippen molar-refractivity contribution in [3.63, 3.8) is 0 Å². The largest absolute Gasteiger partial charge is 0.365 e. The highest BCUT2D eigenvalue weighted by Gasteiger charge is 2.44. The lowest BCUT2D eigenvalue weighted by atomic mass is 9.76. The number of hydrogen-bond acceptors (Lipinski definition) is 6. The summed E-state index contributed by atoms with van der Waals surface area (Å²) in [6.45, 7) is 4.76. The topological polar surface area (TPSA) is 83.9 Å². The third kappa shape index (κ3) is 3.87. The van der Waals surface area contributed by atoms with E-state index >= 15 is 0 Å². The zero-order valence-electron chi connectivity index (χ0n) is 17.8. The van der Waals surface area contributed by atoms with Crippen LogP contribution in [-0.2, 0) is 0 Å². The van der Waals surface area contributed by atoms with E-state index < -0.39 is 0 Å². The molecule has 0 spiro atoms. The molecule has 2 bridgehead atoms. The molecule has 2 saturated heterocycles. The van der Waals surface area contributed by atoms with Gasteiger partial charge in [0.25, 0.3) is 5.91 Å². The van der Waals surface area contributed by atoms with Gasteiger partial charge in [-0.1, -0.05) is 6.07 Å². The second-order valence-electron chi connectivity index (χ2n) is 8.66. The van der Waals surface area contributed by atoms with Gasteiger partial charge in [0.15, 0.2) is 5.82 Å². The lowest BCUT2D eigenvalue weighted by Crippen LogP contribution is -2.60. The number of carbonyl (C=O) groups excluding carboxylic acids is 1. The Morgan fingerprint density at radius 3 is 2.58 bits per heavy atom. The third-order valence-electron chi connectivity index (χ3n) is 6.32. The highest BCUT2D eigenvalue weighted by molar-refractivity contribution is 5.98. The van der Waals surface area contributed by atoms with Gasteiger partial charge in [-0.15, -0.1) is 0 Å². The molecule has 2 aliphatic heterocycles. The summed E-state index contributed by atoms with van der Waals surface area (Å²) >= 11 is 0. The van der Waals surface area contributed by atoms with E-state index in [4.69, 9.17) is 0 Å². The fraction of sp³-hybridized carbons (Fsp3) is 0.375. The molecular formula is C24H26N6O. The molecule has 1 unspecified atom stereocenters. The van der Waals surface area contributed by atoms with Crippen molar-refractivity contribution in [2.45, 2.75) is 45.2 Å². The average Bonchev–Trinajstić information content (AvgIpc) is 2.81. The van der Waals surface area contributed by atoms with Crippen molar-refractivity contribution < 1.29 is 4.79 Å². The quantitative estimate of drug-likeness (QED) is 0.701. The Bertz CT molecular complexity index is 1080. The van der Waals surface area contributed by atoms with Crippen LogP contribution in [0.5, 0.6) is 0 Å². The summed E-state index contributed by atoms with van der Waals surface area (Å²) in [6, 6.07) is 8.09. The monoisotopic (exact) mass is 414 g/mol. The molecule has 1 aliphatic carbocycles. The first-order valence-corrected chi connectivity index (χ1v) is 10.8. The van der Waals surface area contributed by atoms with Crippen molar-refractivity contribution in [2.24, 2.45) is 5.92 Å². The van der Waals surface area contributed by atoms with Crippen molar-refractivity contribution in [1.82, 2.24) is 24.8 Å². The summed E-state index contributed by atoms with van der Waals surface area (Å²) in [5.74, 6) is 1.84. The predicted molar refractivity (Wildman–Crippen MR) is 119 cm³/mol. The number of rotatable bonds is 4. The number of anilines is 1. The number of hydrogen-bond donors (Lipinski definition) is 1. The van der Waals surface area contributed by atoms with Crippen LogP contribution >= 0.6 is 0 Å². The SMILES string of the molecule is Cc1ccc(N[C@@H]2CC3CC[C@@H]2N(C(=O)c2ncc(C)cc2-c2ncccn2)C3)nc1. The van der Waals surface area contributed by atoms with E-state index in [0.29, 0.717) is 23.0 Å². The number of amides is 1. The molecule has 7 heteroatoms.